The number of rotatable bonds is 3. The molecule has 0 aromatic carbocycles. The summed E-state index contributed by atoms with van der Waals surface area (Å²) in [4.78, 5) is 22.8. The van der Waals surface area contributed by atoms with Gasteiger partial charge in [-0.3, -0.25) is 4.98 Å². The van der Waals surface area contributed by atoms with E-state index in [-0.39, 0.29) is 5.82 Å². The summed E-state index contributed by atoms with van der Waals surface area (Å²) in [6.45, 7) is 0. The summed E-state index contributed by atoms with van der Waals surface area (Å²) in [7, 11) is 1.94. The fourth-order valence-corrected chi connectivity index (χ4v) is 2.73. The highest BCUT2D eigenvalue weighted by molar-refractivity contribution is 6.06. The summed E-state index contributed by atoms with van der Waals surface area (Å²) >= 11 is 0. The van der Waals surface area contributed by atoms with Crippen molar-refractivity contribution in [2.45, 2.75) is 0 Å². The van der Waals surface area contributed by atoms with Crippen molar-refractivity contribution in [1.82, 2.24) is 19.5 Å². The van der Waals surface area contributed by atoms with Gasteiger partial charge in [0.15, 0.2) is 0 Å². The van der Waals surface area contributed by atoms with Crippen molar-refractivity contribution in [2.75, 3.05) is 5.32 Å². The minimum Gasteiger partial charge on any atom is -0.358 e. The molecule has 0 fully saturated rings. The maximum absolute atomic E-state index is 10.8. The second-order valence-corrected chi connectivity index (χ2v) is 5.30. The van der Waals surface area contributed by atoms with Gasteiger partial charge in [-0.2, -0.15) is 0 Å². The van der Waals surface area contributed by atoms with Crippen molar-refractivity contribution in [3.8, 4) is 0 Å². The van der Waals surface area contributed by atoms with Gasteiger partial charge in [0, 0.05) is 36.3 Å². The van der Waals surface area contributed by atoms with Crippen LogP contribution in [-0.4, -0.2) is 24.4 Å². The van der Waals surface area contributed by atoms with Gasteiger partial charge in [0.05, 0.1) is 17.3 Å². The van der Waals surface area contributed by atoms with Crippen LogP contribution in [0.5, 0.6) is 0 Å². The van der Waals surface area contributed by atoms with Crippen LogP contribution in [0, 0.1) is 10.1 Å². The molecule has 0 saturated carbocycles. The van der Waals surface area contributed by atoms with Crippen LogP contribution in [0.4, 0.5) is 17.3 Å². The molecule has 118 valence electrons. The third-order valence-corrected chi connectivity index (χ3v) is 3.85. The van der Waals surface area contributed by atoms with Gasteiger partial charge >= 0.3 is 5.82 Å². The van der Waals surface area contributed by atoms with Crippen molar-refractivity contribution < 1.29 is 4.92 Å². The third-order valence-electron chi connectivity index (χ3n) is 3.85. The standard InChI is InChI=1S/C16H12N6O2/c1-21-13-5-6-17-9-12(13)11-2-3-14(20-16(11)21)19-10-4-7-18-15(8-10)22(23)24/h2-9H,1H3,(H,18,19,20). The molecular formula is C16H12N6O2. The fourth-order valence-electron chi connectivity index (χ4n) is 2.73. The molecule has 4 aromatic heterocycles. The number of hydrogen-bond donors (Lipinski definition) is 1. The summed E-state index contributed by atoms with van der Waals surface area (Å²) in [5.41, 5.74) is 2.42. The number of anilines is 2. The summed E-state index contributed by atoms with van der Waals surface area (Å²) in [6.07, 6.45) is 4.95. The second-order valence-electron chi connectivity index (χ2n) is 5.30. The molecule has 0 bridgehead atoms. The summed E-state index contributed by atoms with van der Waals surface area (Å²) in [6, 6.07) is 8.77. The highest BCUT2D eigenvalue weighted by atomic mass is 16.6. The molecular weight excluding hydrogens is 308 g/mol. The van der Waals surface area contributed by atoms with Crippen LogP contribution in [-0.2, 0) is 7.05 Å². The molecule has 0 saturated heterocycles. The van der Waals surface area contributed by atoms with Gasteiger partial charge in [0.25, 0.3) is 0 Å². The lowest BCUT2D eigenvalue weighted by atomic mass is 10.2. The van der Waals surface area contributed by atoms with Gasteiger partial charge in [-0.05, 0) is 28.1 Å². The molecule has 0 atom stereocenters. The molecule has 0 amide bonds. The summed E-state index contributed by atoms with van der Waals surface area (Å²) in [5, 5.41) is 15.9. The van der Waals surface area contributed by atoms with Crippen molar-refractivity contribution in [3.05, 3.63) is 59.0 Å². The highest BCUT2D eigenvalue weighted by Gasteiger charge is 2.11. The lowest BCUT2D eigenvalue weighted by Gasteiger charge is -2.05. The molecule has 4 rings (SSSR count). The van der Waals surface area contributed by atoms with E-state index in [1.165, 1.54) is 12.3 Å². The van der Waals surface area contributed by atoms with Crippen LogP contribution in [0.25, 0.3) is 21.9 Å². The number of pyridine rings is 3. The van der Waals surface area contributed by atoms with E-state index in [4.69, 9.17) is 0 Å². The molecule has 8 heteroatoms. The van der Waals surface area contributed by atoms with Gasteiger partial charge < -0.3 is 20.0 Å². The summed E-state index contributed by atoms with van der Waals surface area (Å²) < 4.78 is 1.99. The zero-order valence-electron chi connectivity index (χ0n) is 12.7. The van der Waals surface area contributed by atoms with Crippen LogP contribution in [0.3, 0.4) is 0 Å². The van der Waals surface area contributed by atoms with Gasteiger partial charge in [0.1, 0.15) is 17.7 Å². The van der Waals surface area contributed by atoms with Crippen LogP contribution >= 0.6 is 0 Å². The monoisotopic (exact) mass is 320 g/mol. The number of aryl methyl sites for hydroxylation is 1. The largest absolute Gasteiger partial charge is 0.365 e. The van der Waals surface area contributed by atoms with Gasteiger partial charge in [-0.25, -0.2) is 4.98 Å². The molecule has 0 aliphatic carbocycles. The first-order valence-corrected chi connectivity index (χ1v) is 7.20. The fraction of sp³-hybridized carbons (Fsp3) is 0.0625. The molecule has 0 aliphatic heterocycles. The first kappa shape index (κ1) is 14.1. The van der Waals surface area contributed by atoms with Crippen LogP contribution in [0.1, 0.15) is 0 Å². The van der Waals surface area contributed by atoms with Gasteiger partial charge in [0.2, 0.25) is 0 Å². The highest BCUT2D eigenvalue weighted by Crippen LogP contribution is 2.28. The first-order valence-electron chi connectivity index (χ1n) is 7.20. The maximum atomic E-state index is 10.8. The van der Waals surface area contributed by atoms with E-state index in [0.29, 0.717) is 11.5 Å². The molecule has 0 spiro atoms. The van der Waals surface area contributed by atoms with Crippen LogP contribution < -0.4 is 5.32 Å². The molecule has 1 N–H and O–H groups in total. The third kappa shape index (κ3) is 2.21. The summed E-state index contributed by atoms with van der Waals surface area (Å²) in [5.74, 6) is 0.388. The predicted molar refractivity (Wildman–Crippen MR) is 90.2 cm³/mol. The van der Waals surface area contributed by atoms with Gasteiger partial charge in [-0.15, -0.1) is 0 Å². The molecule has 8 nitrogen and oxygen atoms in total. The molecule has 0 radical (unpaired) electrons. The molecule has 0 aliphatic rings. The Morgan fingerprint density at radius 1 is 1.17 bits per heavy atom. The van der Waals surface area contributed by atoms with Crippen molar-refractivity contribution >= 4 is 39.3 Å². The van der Waals surface area contributed by atoms with E-state index < -0.39 is 4.92 Å². The van der Waals surface area contributed by atoms with Gasteiger partial charge in [-0.1, -0.05) is 0 Å². The van der Waals surface area contributed by atoms with E-state index in [0.717, 1.165) is 21.9 Å². The Hall–Kier alpha value is -3.55. The minimum absolute atomic E-state index is 0.211. The smallest absolute Gasteiger partial charge is 0.358 e. The van der Waals surface area contributed by atoms with E-state index in [1.807, 2.05) is 36.0 Å². The Bertz CT molecular complexity index is 1090. The normalized spacial score (nSPS) is 11.0. The zero-order chi connectivity index (χ0) is 16.7. The van der Waals surface area contributed by atoms with E-state index in [9.17, 15) is 10.1 Å². The van der Waals surface area contributed by atoms with Crippen molar-refractivity contribution in [3.63, 3.8) is 0 Å². The molecule has 4 aromatic rings. The zero-order valence-corrected chi connectivity index (χ0v) is 12.7. The molecule has 0 unspecified atom stereocenters. The second kappa shape index (κ2) is 5.27. The van der Waals surface area contributed by atoms with Crippen LogP contribution in [0.15, 0.2) is 48.9 Å². The Balaban J connectivity index is 1.78. The van der Waals surface area contributed by atoms with Crippen molar-refractivity contribution in [1.29, 1.82) is 0 Å². The first-order chi connectivity index (χ1) is 11.6. The lowest BCUT2D eigenvalue weighted by molar-refractivity contribution is -0.389. The number of fused-ring (bicyclic) bond motifs is 3. The molecule has 24 heavy (non-hydrogen) atoms. The SMILES string of the molecule is Cn1c2ccncc2c2ccc(Nc3ccnc([N+](=O)[O-])c3)nc21. The number of aromatic nitrogens is 4. The Morgan fingerprint density at radius 2 is 2.04 bits per heavy atom. The number of nitro groups is 1. The topological polar surface area (TPSA) is 98.8 Å². The Kier molecular flexibility index (Phi) is 3.09. The quantitative estimate of drug-likeness (QED) is 0.460. The maximum Gasteiger partial charge on any atom is 0.365 e. The average molecular weight is 320 g/mol. The minimum atomic E-state index is -0.529. The van der Waals surface area contributed by atoms with Crippen LogP contribution in [0.2, 0.25) is 0 Å². The number of nitrogens with zero attached hydrogens (tertiary/aromatic N) is 5. The number of hydrogen-bond acceptors (Lipinski definition) is 6. The Morgan fingerprint density at radius 3 is 2.88 bits per heavy atom. The predicted octanol–water partition coefficient (Wildman–Crippen LogP) is 3.17. The Labute approximate surface area is 135 Å². The molecule has 4 heterocycles. The van der Waals surface area contributed by atoms with E-state index in [2.05, 4.69) is 20.3 Å². The number of nitrogens with one attached hydrogen (secondary N) is 1. The lowest BCUT2D eigenvalue weighted by Crippen LogP contribution is -1.98. The van der Waals surface area contributed by atoms with E-state index >= 15 is 0 Å². The average Bonchev–Trinajstić information content (AvgIpc) is 2.88. The van der Waals surface area contributed by atoms with E-state index in [1.54, 1.807) is 12.3 Å². The van der Waals surface area contributed by atoms with Crippen molar-refractivity contribution in [2.24, 2.45) is 7.05 Å².